The van der Waals surface area contributed by atoms with Crippen molar-refractivity contribution in [2.75, 3.05) is 0 Å². The van der Waals surface area contributed by atoms with Gasteiger partial charge in [-0.15, -0.1) is 0 Å². The molecule has 1 heterocycles. The van der Waals surface area contributed by atoms with Crippen molar-refractivity contribution in [3.63, 3.8) is 0 Å². The predicted molar refractivity (Wildman–Crippen MR) is 77.9 cm³/mol. The zero-order chi connectivity index (χ0) is 13.4. The van der Waals surface area contributed by atoms with Gasteiger partial charge in [-0.1, -0.05) is 30.3 Å². The van der Waals surface area contributed by atoms with Crippen LogP contribution in [0.25, 0.3) is 11.4 Å². The molecular formula is C16H20N4. The van der Waals surface area contributed by atoms with E-state index in [-0.39, 0.29) is 0 Å². The van der Waals surface area contributed by atoms with Crippen LogP contribution in [-0.4, -0.2) is 21.2 Å². The van der Waals surface area contributed by atoms with E-state index in [1.54, 1.807) is 0 Å². The first-order valence-corrected chi connectivity index (χ1v) is 7.60. The number of nitrogens with zero attached hydrogens (tertiary/aromatic N) is 2. The Morgan fingerprint density at radius 3 is 2.45 bits per heavy atom. The van der Waals surface area contributed by atoms with Crippen molar-refractivity contribution in [2.45, 2.75) is 38.3 Å². The summed E-state index contributed by atoms with van der Waals surface area (Å²) < 4.78 is 0. The van der Waals surface area contributed by atoms with Crippen LogP contribution in [0, 0.1) is 11.8 Å². The third kappa shape index (κ3) is 2.61. The maximum atomic E-state index is 4.58. The summed E-state index contributed by atoms with van der Waals surface area (Å²) in [5.74, 6) is 3.56. The number of nitrogens with one attached hydrogen (secondary N) is 2. The first-order chi connectivity index (χ1) is 9.90. The van der Waals surface area contributed by atoms with Crippen LogP contribution in [0.1, 0.15) is 31.5 Å². The molecule has 0 spiro atoms. The van der Waals surface area contributed by atoms with Gasteiger partial charge in [0.1, 0.15) is 5.82 Å². The molecule has 1 aromatic carbocycles. The lowest BCUT2D eigenvalue weighted by Crippen LogP contribution is -2.32. The quantitative estimate of drug-likeness (QED) is 0.847. The highest BCUT2D eigenvalue weighted by molar-refractivity contribution is 5.53. The van der Waals surface area contributed by atoms with Crippen LogP contribution in [0.5, 0.6) is 0 Å². The Balaban J connectivity index is 1.41. The minimum Gasteiger partial charge on any atom is -0.307 e. The molecule has 2 fully saturated rings. The van der Waals surface area contributed by atoms with Crippen LogP contribution in [-0.2, 0) is 6.54 Å². The van der Waals surface area contributed by atoms with E-state index in [2.05, 4.69) is 20.5 Å². The zero-order valence-corrected chi connectivity index (χ0v) is 11.5. The number of benzene rings is 1. The molecule has 2 aliphatic carbocycles. The normalized spacial score (nSPS) is 18.6. The average molecular weight is 268 g/mol. The van der Waals surface area contributed by atoms with Gasteiger partial charge < -0.3 is 5.32 Å². The number of H-pyrrole nitrogens is 1. The molecule has 0 bridgehead atoms. The van der Waals surface area contributed by atoms with Gasteiger partial charge in [0.05, 0.1) is 6.54 Å². The summed E-state index contributed by atoms with van der Waals surface area (Å²) in [4.78, 5) is 4.58. The van der Waals surface area contributed by atoms with E-state index in [1.807, 2.05) is 30.3 Å². The summed E-state index contributed by atoms with van der Waals surface area (Å²) in [6.45, 7) is 0.803. The lowest BCUT2D eigenvalue weighted by Gasteiger charge is -2.16. The third-order valence-corrected chi connectivity index (χ3v) is 4.33. The van der Waals surface area contributed by atoms with Crippen molar-refractivity contribution < 1.29 is 0 Å². The van der Waals surface area contributed by atoms with Crippen LogP contribution < -0.4 is 5.32 Å². The third-order valence-electron chi connectivity index (χ3n) is 4.33. The molecule has 0 amide bonds. The molecule has 2 saturated carbocycles. The molecular weight excluding hydrogens is 248 g/mol. The molecule has 4 heteroatoms. The molecule has 1 aromatic heterocycles. The lowest BCUT2D eigenvalue weighted by atomic mass is 10.1. The minimum atomic E-state index is 0.709. The molecule has 2 aromatic rings. The van der Waals surface area contributed by atoms with Crippen LogP contribution in [0.3, 0.4) is 0 Å². The second kappa shape index (κ2) is 5.02. The number of aromatic amines is 1. The minimum absolute atomic E-state index is 0.709. The van der Waals surface area contributed by atoms with Crippen LogP contribution >= 0.6 is 0 Å². The second-order valence-corrected chi connectivity index (χ2v) is 6.05. The van der Waals surface area contributed by atoms with Crippen molar-refractivity contribution >= 4 is 0 Å². The van der Waals surface area contributed by atoms with Crippen LogP contribution in [0.4, 0.5) is 0 Å². The summed E-state index contributed by atoms with van der Waals surface area (Å²) in [7, 11) is 0. The van der Waals surface area contributed by atoms with Crippen LogP contribution in [0.2, 0.25) is 0 Å². The first-order valence-electron chi connectivity index (χ1n) is 7.60. The van der Waals surface area contributed by atoms with E-state index in [1.165, 1.54) is 25.7 Å². The predicted octanol–water partition coefficient (Wildman–Crippen LogP) is 2.75. The highest BCUT2D eigenvalue weighted by atomic mass is 15.2. The fraction of sp³-hybridized carbons (Fsp3) is 0.500. The van der Waals surface area contributed by atoms with Crippen molar-refractivity contribution in [2.24, 2.45) is 11.8 Å². The number of hydrogen-bond acceptors (Lipinski definition) is 3. The summed E-state index contributed by atoms with van der Waals surface area (Å²) in [5, 5.41) is 11.1. The zero-order valence-electron chi connectivity index (χ0n) is 11.5. The molecule has 20 heavy (non-hydrogen) atoms. The standard InChI is InChI=1S/C16H20N4/c1-2-4-13(5-3-1)16-18-14(19-20-16)10-17-15(11-6-7-11)12-8-9-12/h1-5,11-12,15,17H,6-10H2,(H,18,19,20). The van der Waals surface area contributed by atoms with Crippen molar-refractivity contribution in [1.82, 2.24) is 20.5 Å². The first kappa shape index (κ1) is 12.1. The Kier molecular flexibility index (Phi) is 3.03. The molecule has 0 unspecified atom stereocenters. The number of aromatic nitrogens is 3. The van der Waals surface area contributed by atoms with Gasteiger partial charge in [0, 0.05) is 11.6 Å². The Hall–Kier alpha value is -1.68. The molecule has 0 radical (unpaired) electrons. The van der Waals surface area contributed by atoms with Gasteiger partial charge in [-0.3, -0.25) is 5.10 Å². The fourth-order valence-electron chi connectivity index (χ4n) is 2.93. The highest BCUT2D eigenvalue weighted by Crippen LogP contribution is 2.44. The maximum absolute atomic E-state index is 4.58. The van der Waals surface area contributed by atoms with E-state index < -0.39 is 0 Å². The summed E-state index contributed by atoms with van der Waals surface area (Å²) in [5.41, 5.74) is 1.07. The molecule has 4 nitrogen and oxygen atoms in total. The largest absolute Gasteiger partial charge is 0.307 e. The Morgan fingerprint density at radius 2 is 1.80 bits per heavy atom. The number of rotatable bonds is 6. The fourth-order valence-corrected chi connectivity index (χ4v) is 2.93. The summed E-state index contributed by atoms with van der Waals surface area (Å²) in [6, 6.07) is 10.8. The molecule has 2 aliphatic rings. The lowest BCUT2D eigenvalue weighted by molar-refractivity contribution is 0.411. The molecule has 0 atom stereocenters. The van der Waals surface area contributed by atoms with Gasteiger partial charge >= 0.3 is 0 Å². The Morgan fingerprint density at radius 1 is 1.10 bits per heavy atom. The smallest absolute Gasteiger partial charge is 0.181 e. The molecule has 0 aliphatic heterocycles. The summed E-state index contributed by atoms with van der Waals surface area (Å²) in [6.07, 6.45) is 5.61. The van der Waals surface area contributed by atoms with E-state index in [0.29, 0.717) is 6.04 Å². The van der Waals surface area contributed by atoms with Crippen molar-refractivity contribution in [1.29, 1.82) is 0 Å². The van der Waals surface area contributed by atoms with Crippen LogP contribution in [0.15, 0.2) is 30.3 Å². The second-order valence-electron chi connectivity index (χ2n) is 6.05. The maximum Gasteiger partial charge on any atom is 0.181 e. The van der Waals surface area contributed by atoms with E-state index in [9.17, 15) is 0 Å². The topological polar surface area (TPSA) is 53.6 Å². The Bertz CT molecular complexity index is 557. The van der Waals surface area contributed by atoms with E-state index >= 15 is 0 Å². The molecule has 0 saturated heterocycles. The van der Waals surface area contributed by atoms with Crippen molar-refractivity contribution in [3.8, 4) is 11.4 Å². The van der Waals surface area contributed by atoms with Gasteiger partial charge in [-0.05, 0) is 37.5 Å². The van der Waals surface area contributed by atoms with Gasteiger partial charge in [0.15, 0.2) is 5.82 Å². The monoisotopic (exact) mass is 268 g/mol. The molecule has 104 valence electrons. The highest BCUT2D eigenvalue weighted by Gasteiger charge is 2.41. The molecule has 4 rings (SSSR count). The SMILES string of the molecule is c1ccc(-c2n[nH]c(CNC(C3CC3)C3CC3)n2)cc1. The van der Waals surface area contributed by atoms with Gasteiger partial charge in [-0.2, -0.15) is 5.10 Å². The van der Waals surface area contributed by atoms with E-state index in [0.717, 1.165) is 35.6 Å². The molecule has 2 N–H and O–H groups in total. The summed E-state index contributed by atoms with van der Waals surface area (Å²) >= 11 is 0. The van der Waals surface area contributed by atoms with Gasteiger partial charge in [0.2, 0.25) is 0 Å². The number of hydrogen-bond donors (Lipinski definition) is 2. The van der Waals surface area contributed by atoms with Crippen molar-refractivity contribution in [3.05, 3.63) is 36.2 Å². The Labute approximate surface area is 119 Å². The van der Waals surface area contributed by atoms with Gasteiger partial charge in [0.25, 0.3) is 0 Å². The van der Waals surface area contributed by atoms with Gasteiger partial charge in [-0.25, -0.2) is 4.98 Å². The average Bonchev–Trinajstić information content (AvgIpc) is 3.41. The van der Waals surface area contributed by atoms with E-state index in [4.69, 9.17) is 0 Å².